The van der Waals surface area contributed by atoms with Gasteiger partial charge < -0.3 is 9.05 Å². The summed E-state index contributed by atoms with van der Waals surface area (Å²) in [5, 5.41) is 0. The van der Waals surface area contributed by atoms with E-state index >= 15 is 0 Å². The molecule has 150 valence electrons. The molecule has 0 saturated heterocycles. The molecule has 0 amide bonds. The molecule has 0 fully saturated rings. The van der Waals surface area contributed by atoms with Crippen LogP contribution < -0.4 is 0 Å². The molecule has 0 bridgehead atoms. The van der Waals surface area contributed by atoms with E-state index in [-0.39, 0.29) is 12.2 Å². The molecule has 0 aliphatic rings. The van der Waals surface area contributed by atoms with Gasteiger partial charge in [0, 0.05) is 18.0 Å². The molecule has 3 rings (SSSR count). The minimum Gasteiger partial charge on any atom is -0.305 e. The van der Waals surface area contributed by atoms with E-state index in [9.17, 15) is 4.57 Å². The van der Waals surface area contributed by atoms with Crippen molar-refractivity contribution >= 4 is 25.1 Å². The van der Waals surface area contributed by atoms with Gasteiger partial charge in [0.25, 0.3) is 0 Å². The number of nitrogens with zero attached hydrogens (tertiary/aromatic N) is 3. The van der Waals surface area contributed by atoms with Gasteiger partial charge >= 0.3 is 7.60 Å². The normalized spacial score (nSPS) is 13.5. The van der Waals surface area contributed by atoms with Crippen molar-refractivity contribution < 1.29 is 13.6 Å². The molecule has 2 heterocycles. The number of hydrogen-bond acceptors (Lipinski definition) is 6. The molecule has 8 heteroatoms. The van der Waals surface area contributed by atoms with E-state index < -0.39 is 12.6 Å². The zero-order valence-electron chi connectivity index (χ0n) is 16.8. The molecule has 3 aromatic rings. The fourth-order valence-electron chi connectivity index (χ4n) is 3.06. The van der Waals surface area contributed by atoms with Crippen molar-refractivity contribution in [1.29, 1.82) is 0 Å². The molecule has 0 aliphatic heterocycles. The molecule has 1 atom stereocenters. The molecule has 0 aliphatic carbocycles. The summed E-state index contributed by atoms with van der Waals surface area (Å²) in [6.45, 7) is 7.45. The van der Waals surface area contributed by atoms with Crippen molar-refractivity contribution in [3.05, 3.63) is 54.5 Å². The van der Waals surface area contributed by atoms with E-state index in [2.05, 4.69) is 4.98 Å². The number of hydrogen-bond donors (Lipinski definition) is 0. The van der Waals surface area contributed by atoms with E-state index in [4.69, 9.17) is 14.0 Å². The van der Waals surface area contributed by atoms with Gasteiger partial charge in [-0.25, -0.2) is 9.97 Å². The number of fused-ring (bicyclic) bond motifs is 1. The average Bonchev–Trinajstić information content (AvgIpc) is 3.01. The fraction of sp³-hybridized carbons (Fsp3) is 0.400. The highest BCUT2D eigenvalue weighted by Gasteiger charge is 2.42. The van der Waals surface area contributed by atoms with Crippen LogP contribution in [-0.4, -0.2) is 32.8 Å². The van der Waals surface area contributed by atoms with Gasteiger partial charge in [0.15, 0.2) is 0 Å². The Kier molecular flexibility index (Phi) is 6.61. The molecule has 2 aromatic heterocycles. The third-order valence-corrected chi connectivity index (χ3v) is 8.27. The number of thioether (sulfide) groups is 1. The Morgan fingerprint density at radius 2 is 1.68 bits per heavy atom. The smallest absolute Gasteiger partial charge is 0.305 e. The summed E-state index contributed by atoms with van der Waals surface area (Å²) < 4.78 is 27.7. The summed E-state index contributed by atoms with van der Waals surface area (Å²) >= 11 is 1.44. The van der Waals surface area contributed by atoms with Crippen molar-refractivity contribution in [2.24, 2.45) is 0 Å². The van der Waals surface area contributed by atoms with Gasteiger partial charge in [-0.1, -0.05) is 30.3 Å². The molecule has 0 spiro atoms. The molecule has 1 aromatic carbocycles. The van der Waals surface area contributed by atoms with Gasteiger partial charge in [-0.15, -0.1) is 11.8 Å². The monoisotopic (exact) mass is 419 g/mol. The van der Waals surface area contributed by atoms with Crippen LogP contribution >= 0.6 is 19.4 Å². The first-order valence-corrected chi connectivity index (χ1v) is 12.1. The maximum absolute atomic E-state index is 14.0. The summed E-state index contributed by atoms with van der Waals surface area (Å²) in [6, 6.07) is 11.7. The Balaban J connectivity index is 2.25. The fourth-order valence-corrected chi connectivity index (χ4v) is 6.84. The molecular weight excluding hydrogens is 393 g/mol. The van der Waals surface area contributed by atoms with Gasteiger partial charge in [-0.05, 0) is 40.0 Å². The van der Waals surface area contributed by atoms with E-state index in [1.807, 2.05) is 80.9 Å². The first-order valence-electron chi connectivity index (χ1n) is 9.23. The SMILES string of the molecule is CSC(c1c(-c2ccccc2)nc2ncccn12)P(=O)(OC(C)C)OC(C)C. The molecule has 28 heavy (non-hydrogen) atoms. The highest BCUT2D eigenvalue weighted by Crippen LogP contribution is 2.67. The van der Waals surface area contributed by atoms with Gasteiger partial charge in [-0.2, -0.15) is 0 Å². The van der Waals surface area contributed by atoms with Crippen LogP contribution in [-0.2, 0) is 13.6 Å². The van der Waals surface area contributed by atoms with Crippen molar-refractivity contribution in [1.82, 2.24) is 14.4 Å². The minimum absolute atomic E-state index is 0.239. The molecule has 6 nitrogen and oxygen atoms in total. The van der Waals surface area contributed by atoms with E-state index in [0.29, 0.717) is 5.78 Å². The van der Waals surface area contributed by atoms with E-state index in [1.54, 1.807) is 6.20 Å². The lowest BCUT2D eigenvalue weighted by Gasteiger charge is -2.29. The van der Waals surface area contributed by atoms with Crippen molar-refractivity contribution in [3.63, 3.8) is 0 Å². The summed E-state index contributed by atoms with van der Waals surface area (Å²) in [6.07, 6.45) is 5.02. The summed E-state index contributed by atoms with van der Waals surface area (Å²) in [4.78, 5) is 8.56. The Morgan fingerprint density at radius 3 is 2.25 bits per heavy atom. The summed E-state index contributed by atoms with van der Waals surface area (Å²) in [5.74, 6) is 0.552. The second-order valence-electron chi connectivity index (χ2n) is 6.94. The zero-order valence-corrected chi connectivity index (χ0v) is 18.5. The predicted molar refractivity (Wildman–Crippen MR) is 115 cm³/mol. The molecule has 0 saturated carbocycles. The second kappa shape index (κ2) is 8.78. The second-order valence-corrected chi connectivity index (χ2v) is 10.2. The van der Waals surface area contributed by atoms with Crippen molar-refractivity contribution in [3.8, 4) is 11.3 Å². The highest BCUT2D eigenvalue weighted by molar-refractivity contribution is 8.04. The zero-order chi connectivity index (χ0) is 20.3. The molecule has 1 unspecified atom stereocenters. The molecular formula is C20H26N3O3PS. The third kappa shape index (κ3) is 4.33. The van der Waals surface area contributed by atoms with Crippen LogP contribution in [0.25, 0.3) is 17.0 Å². The highest BCUT2D eigenvalue weighted by atomic mass is 32.2. The Labute approximate surface area is 170 Å². The van der Waals surface area contributed by atoms with Crippen LogP contribution in [0.2, 0.25) is 0 Å². The lowest BCUT2D eigenvalue weighted by molar-refractivity contribution is 0.141. The molecule has 0 radical (unpaired) electrons. The quantitative estimate of drug-likeness (QED) is 0.430. The lowest BCUT2D eigenvalue weighted by atomic mass is 10.1. The van der Waals surface area contributed by atoms with Crippen LogP contribution in [0.15, 0.2) is 48.8 Å². The maximum atomic E-state index is 14.0. The predicted octanol–water partition coefficient (Wildman–Crippen LogP) is 5.80. The topological polar surface area (TPSA) is 65.7 Å². The first kappa shape index (κ1) is 21.1. The van der Waals surface area contributed by atoms with Crippen LogP contribution in [0.5, 0.6) is 0 Å². The van der Waals surface area contributed by atoms with Gasteiger partial charge in [0.05, 0.1) is 23.6 Å². The van der Waals surface area contributed by atoms with Gasteiger partial charge in [0.1, 0.15) is 4.99 Å². The van der Waals surface area contributed by atoms with Crippen molar-refractivity contribution in [2.75, 3.05) is 6.26 Å². The van der Waals surface area contributed by atoms with E-state index in [1.165, 1.54) is 11.8 Å². The number of rotatable bonds is 8. The maximum Gasteiger partial charge on any atom is 0.350 e. The number of imidazole rings is 1. The lowest BCUT2D eigenvalue weighted by Crippen LogP contribution is -2.13. The first-order chi connectivity index (χ1) is 13.4. The van der Waals surface area contributed by atoms with Crippen LogP contribution in [0, 0.1) is 0 Å². The average molecular weight is 419 g/mol. The summed E-state index contributed by atoms with van der Waals surface area (Å²) in [7, 11) is -3.51. The van der Waals surface area contributed by atoms with Crippen LogP contribution in [0.4, 0.5) is 0 Å². The molecule has 0 N–H and O–H groups in total. The van der Waals surface area contributed by atoms with E-state index in [0.717, 1.165) is 17.0 Å². The van der Waals surface area contributed by atoms with Gasteiger partial charge in [-0.3, -0.25) is 8.97 Å². The summed E-state index contributed by atoms with van der Waals surface area (Å²) in [5.41, 5.74) is 2.44. The number of aromatic nitrogens is 3. The largest absolute Gasteiger partial charge is 0.350 e. The Bertz CT molecular complexity index is 961. The minimum atomic E-state index is -3.51. The van der Waals surface area contributed by atoms with Crippen LogP contribution in [0.1, 0.15) is 38.4 Å². The Hall–Kier alpha value is -1.66. The third-order valence-electron chi connectivity index (χ3n) is 3.95. The standard InChI is InChI=1S/C20H26N3O3PS/c1-14(2)25-27(24,26-15(3)4)19(28-5)18-17(16-10-7-6-8-11-16)22-20-21-12-9-13-23(18)20/h6-15,19H,1-5H3. The Morgan fingerprint density at radius 1 is 1.04 bits per heavy atom. The van der Waals surface area contributed by atoms with Gasteiger partial charge in [0.2, 0.25) is 5.78 Å². The van der Waals surface area contributed by atoms with Crippen molar-refractivity contribution in [2.45, 2.75) is 44.9 Å². The number of benzene rings is 1. The van der Waals surface area contributed by atoms with Crippen LogP contribution in [0.3, 0.4) is 0 Å².